The molecule has 1 saturated carbocycles. The summed E-state index contributed by atoms with van der Waals surface area (Å²) < 4.78 is 46.0. The van der Waals surface area contributed by atoms with Gasteiger partial charge in [0.1, 0.15) is 11.9 Å². The molecule has 1 saturated heterocycles. The highest BCUT2D eigenvalue weighted by Gasteiger charge is 2.73. The first kappa shape index (κ1) is 31.0. The van der Waals surface area contributed by atoms with E-state index in [2.05, 4.69) is 49.1 Å². The lowest BCUT2D eigenvalue weighted by Gasteiger charge is -2.65. The van der Waals surface area contributed by atoms with Gasteiger partial charge in [0.25, 0.3) is 0 Å². The molecular weight excluding hydrogens is 589 g/mol. The van der Waals surface area contributed by atoms with Crippen LogP contribution < -0.4 is 4.74 Å². The molecule has 0 unspecified atom stereocenters. The van der Waals surface area contributed by atoms with Crippen molar-refractivity contribution < 1.29 is 27.8 Å². The zero-order valence-corrected chi connectivity index (χ0v) is 26.3. The maximum atomic E-state index is 14.0. The van der Waals surface area contributed by atoms with Gasteiger partial charge >= 0.3 is 6.18 Å². The summed E-state index contributed by atoms with van der Waals surface area (Å²) in [5, 5.41) is 12.9. The summed E-state index contributed by atoms with van der Waals surface area (Å²) in [6.07, 6.45) is 1.81. The first-order valence-corrected chi connectivity index (χ1v) is 16.5. The quantitative estimate of drug-likeness (QED) is 0.283. The molecule has 2 aliphatic heterocycles. The Kier molecular flexibility index (Phi) is 7.80. The summed E-state index contributed by atoms with van der Waals surface area (Å²) in [4.78, 5) is 18.3. The van der Waals surface area contributed by atoms with Gasteiger partial charge in [-0.05, 0) is 85.5 Å². The average molecular weight is 631 g/mol. The van der Waals surface area contributed by atoms with Crippen LogP contribution in [0, 0.1) is 5.92 Å². The molecule has 242 valence electrons. The summed E-state index contributed by atoms with van der Waals surface area (Å²) in [7, 11) is 0. The predicted molar refractivity (Wildman–Crippen MR) is 171 cm³/mol. The minimum atomic E-state index is -4.41. The molecule has 2 aliphatic carbocycles. The summed E-state index contributed by atoms with van der Waals surface area (Å²) in [6, 6.07) is 21.2. The Morgan fingerprint density at radius 2 is 1.83 bits per heavy atom. The monoisotopic (exact) mass is 630 g/mol. The molecule has 5 atom stereocenters. The van der Waals surface area contributed by atoms with Crippen LogP contribution in [0.2, 0.25) is 0 Å². The highest BCUT2D eigenvalue weighted by molar-refractivity contribution is 5.92. The van der Waals surface area contributed by atoms with E-state index in [1.807, 2.05) is 23.1 Å². The number of amides is 1. The van der Waals surface area contributed by atoms with E-state index in [0.29, 0.717) is 24.9 Å². The van der Waals surface area contributed by atoms with Crippen LogP contribution in [0.15, 0.2) is 78.9 Å². The van der Waals surface area contributed by atoms with Crippen LogP contribution in [-0.4, -0.2) is 64.2 Å². The third-order valence-electron chi connectivity index (χ3n) is 10.9. The summed E-state index contributed by atoms with van der Waals surface area (Å²) in [5.74, 6) is 0.800. The van der Waals surface area contributed by atoms with Gasteiger partial charge in [-0.2, -0.15) is 13.2 Å². The Balaban J connectivity index is 1.19. The van der Waals surface area contributed by atoms with Crippen molar-refractivity contribution in [3.05, 3.63) is 107 Å². The first-order valence-electron chi connectivity index (χ1n) is 16.5. The number of hydrogen-bond acceptors (Lipinski definition) is 4. The Morgan fingerprint density at radius 3 is 2.54 bits per heavy atom. The van der Waals surface area contributed by atoms with Gasteiger partial charge in [0.15, 0.2) is 0 Å². The number of aliphatic hydroxyl groups is 1. The predicted octanol–water partition coefficient (Wildman–Crippen LogP) is 6.67. The highest BCUT2D eigenvalue weighted by atomic mass is 19.4. The van der Waals surface area contributed by atoms with E-state index in [1.165, 1.54) is 29.3 Å². The fourth-order valence-corrected chi connectivity index (χ4v) is 8.91. The van der Waals surface area contributed by atoms with Crippen molar-refractivity contribution in [3.63, 3.8) is 0 Å². The van der Waals surface area contributed by atoms with Crippen molar-refractivity contribution in [2.45, 2.75) is 81.3 Å². The van der Waals surface area contributed by atoms with Gasteiger partial charge in [0.2, 0.25) is 5.91 Å². The smallest absolute Gasteiger partial charge is 0.416 e. The minimum Gasteiger partial charge on any atom is -0.487 e. The second-order valence-electron chi connectivity index (χ2n) is 13.9. The maximum Gasteiger partial charge on any atom is 0.416 e. The molecule has 1 amide bonds. The van der Waals surface area contributed by atoms with E-state index in [4.69, 9.17) is 4.74 Å². The number of benzene rings is 3. The molecular formula is C38H41F3N2O3. The molecule has 1 spiro atoms. The minimum absolute atomic E-state index is 0.0494. The number of carbonyl (C=O) groups is 1. The molecule has 5 nitrogen and oxygen atoms in total. The molecule has 7 rings (SSSR count). The van der Waals surface area contributed by atoms with Crippen LogP contribution in [0.1, 0.15) is 60.9 Å². The van der Waals surface area contributed by atoms with Crippen LogP contribution in [0.4, 0.5) is 13.2 Å². The van der Waals surface area contributed by atoms with Crippen molar-refractivity contribution in [2.75, 3.05) is 19.6 Å². The van der Waals surface area contributed by atoms with E-state index >= 15 is 0 Å². The van der Waals surface area contributed by atoms with Crippen molar-refractivity contribution in [1.29, 1.82) is 0 Å². The van der Waals surface area contributed by atoms with Gasteiger partial charge < -0.3 is 14.7 Å². The number of carbonyl (C=O) groups excluding carboxylic acids is 1. The molecule has 46 heavy (non-hydrogen) atoms. The molecule has 2 bridgehead atoms. The summed E-state index contributed by atoms with van der Waals surface area (Å²) in [6.45, 7) is 6.35. The van der Waals surface area contributed by atoms with E-state index in [9.17, 15) is 23.1 Å². The van der Waals surface area contributed by atoms with Crippen molar-refractivity contribution in [3.8, 4) is 5.75 Å². The Morgan fingerprint density at radius 1 is 1.07 bits per heavy atom. The second-order valence-corrected chi connectivity index (χ2v) is 13.9. The normalized spacial score (nSPS) is 28.3. The van der Waals surface area contributed by atoms with E-state index in [1.54, 1.807) is 6.08 Å². The van der Waals surface area contributed by atoms with Crippen LogP contribution in [-0.2, 0) is 29.2 Å². The Hall–Kier alpha value is -3.62. The fourth-order valence-electron chi connectivity index (χ4n) is 8.91. The lowest BCUT2D eigenvalue weighted by Crippen LogP contribution is -2.78. The summed E-state index contributed by atoms with van der Waals surface area (Å²) in [5.41, 5.74) is 1.82. The molecule has 8 heteroatoms. The third-order valence-corrected chi connectivity index (χ3v) is 10.9. The van der Waals surface area contributed by atoms with Gasteiger partial charge in [-0.15, -0.1) is 0 Å². The molecule has 0 aromatic heterocycles. The fraction of sp³-hybridized carbons (Fsp3) is 0.447. The van der Waals surface area contributed by atoms with E-state index < -0.39 is 28.9 Å². The lowest BCUT2D eigenvalue weighted by molar-refractivity contribution is -0.201. The Bertz CT molecular complexity index is 1620. The molecule has 4 aliphatic rings. The number of alkyl halides is 3. The SMILES string of the molecule is CC(C)CN(C(=O)C=Cc1ccc(C(F)(F)F)cc1)[C@@H]1CC[C@@]2(O)[C@H]3Cc4cccc5c4[C@@]2(CCN3CCc2ccccc2)[C@H]1O5. The topological polar surface area (TPSA) is 53.0 Å². The zero-order chi connectivity index (χ0) is 32.3. The number of piperidine rings is 1. The molecule has 2 fully saturated rings. The lowest BCUT2D eigenvalue weighted by atomic mass is 9.48. The van der Waals surface area contributed by atoms with E-state index in [0.717, 1.165) is 55.8 Å². The number of ether oxygens (including phenoxy) is 1. The standard InChI is InChI=1S/C38H41F3N2O3/c1-25(2)24-43(33(44)16-13-27-11-14-29(15-12-27)38(39,40)41)30-17-19-37(45)32-23-28-9-6-10-31-34(28)36(37,35(30)46-31)20-22-42(32)21-18-26-7-4-3-5-8-26/h3-16,25,30,32,35,45H,17-24H2,1-2H3/t30-,32-,35+,36+,37-/m1/s1. The van der Waals surface area contributed by atoms with Crippen molar-refractivity contribution >= 4 is 12.0 Å². The van der Waals surface area contributed by atoms with Crippen molar-refractivity contribution in [2.24, 2.45) is 5.92 Å². The molecule has 1 N–H and O–H groups in total. The van der Waals surface area contributed by atoms with Gasteiger partial charge in [0.05, 0.1) is 22.6 Å². The van der Waals surface area contributed by atoms with Gasteiger partial charge in [-0.25, -0.2) is 0 Å². The zero-order valence-electron chi connectivity index (χ0n) is 26.3. The molecule has 2 heterocycles. The number of rotatable bonds is 8. The maximum absolute atomic E-state index is 14.0. The first-order chi connectivity index (χ1) is 22.0. The molecule has 3 aromatic rings. The number of likely N-dealkylation sites (tertiary alicyclic amines) is 1. The largest absolute Gasteiger partial charge is 0.487 e. The second kappa shape index (κ2) is 11.6. The van der Waals surface area contributed by atoms with Crippen LogP contribution in [0.3, 0.4) is 0 Å². The number of nitrogens with zero attached hydrogens (tertiary/aromatic N) is 2. The summed E-state index contributed by atoms with van der Waals surface area (Å²) >= 11 is 0. The Labute approximate surface area is 268 Å². The third kappa shape index (κ3) is 5.05. The van der Waals surface area contributed by atoms with Gasteiger partial charge in [-0.1, -0.05) is 68.4 Å². The van der Waals surface area contributed by atoms with Crippen LogP contribution in [0.5, 0.6) is 5.75 Å². The number of halogens is 3. The van der Waals surface area contributed by atoms with Gasteiger partial charge in [0, 0.05) is 30.8 Å². The molecule has 3 aromatic carbocycles. The van der Waals surface area contributed by atoms with E-state index in [-0.39, 0.29) is 23.9 Å². The van der Waals surface area contributed by atoms with Crippen LogP contribution >= 0.6 is 0 Å². The number of hydrogen-bond donors (Lipinski definition) is 1. The molecule has 0 radical (unpaired) electrons. The van der Waals surface area contributed by atoms with Crippen molar-refractivity contribution in [1.82, 2.24) is 9.80 Å². The highest BCUT2D eigenvalue weighted by Crippen LogP contribution is 2.64. The van der Waals surface area contributed by atoms with Gasteiger partial charge in [-0.3, -0.25) is 9.69 Å². The average Bonchev–Trinajstić information content (AvgIpc) is 3.37. The van der Waals surface area contributed by atoms with Crippen LogP contribution in [0.25, 0.3) is 6.08 Å².